The van der Waals surface area contributed by atoms with Crippen LogP contribution in [0.5, 0.6) is 0 Å². The van der Waals surface area contributed by atoms with E-state index in [9.17, 15) is 14.4 Å². The molecule has 0 spiro atoms. The molecule has 2 atom stereocenters. The Morgan fingerprint density at radius 1 is 1.21 bits per heavy atom. The van der Waals surface area contributed by atoms with Gasteiger partial charge in [0.25, 0.3) is 0 Å². The van der Waals surface area contributed by atoms with E-state index in [2.05, 4.69) is 0 Å². The molecule has 0 N–H and O–H groups in total. The number of hydrogen-bond acceptors (Lipinski definition) is 6. The van der Waals surface area contributed by atoms with E-state index in [1.807, 2.05) is 37.3 Å². The lowest BCUT2D eigenvalue weighted by atomic mass is 9.92. The van der Waals surface area contributed by atoms with Crippen molar-refractivity contribution in [2.45, 2.75) is 51.4 Å². The minimum absolute atomic E-state index is 0.0801. The van der Waals surface area contributed by atoms with E-state index in [4.69, 9.17) is 14.2 Å². The summed E-state index contributed by atoms with van der Waals surface area (Å²) in [5.74, 6) is -1.81. The number of cyclic esters (lactones) is 1. The highest BCUT2D eigenvalue weighted by atomic mass is 16.7. The monoisotopic (exact) mass is 389 g/mol. The topological polar surface area (TPSA) is 82.1 Å². The zero-order chi connectivity index (χ0) is 20.1. The average molecular weight is 389 g/mol. The lowest BCUT2D eigenvalue weighted by Crippen LogP contribution is -2.44. The first kappa shape index (κ1) is 20.5. The van der Waals surface area contributed by atoms with Gasteiger partial charge in [-0.3, -0.25) is 4.79 Å². The fourth-order valence-corrected chi connectivity index (χ4v) is 3.76. The number of amides is 2. The highest BCUT2D eigenvalue weighted by Crippen LogP contribution is 2.29. The van der Waals surface area contributed by atoms with Crippen LogP contribution < -0.4 is 0 Å². The van der Waals surface area contributed by atoms with E-state index in [0.29, 0.717) is 32.5 Å². The van der Waals surface area contributed by atoms with Crippen molar-refractivity contribution in [3.63, 3.8) is 0 Å². The molecule has 0 unspecified atom stereocenters. The van der Waals surface area contributed by atoms with E-state index >= 15 is 0 Å². The first-order chi connectivity index (χ1) is 13.4. The maximum absolute atomic E-state index is 13.2. The van der Waals surface area contributed by atoms with Crippen LogP contribution in [0.4, 0.5) is 4.79 Å². The molecule has 2 heterocycles. The number of Topliss-reactive ketones (excluding diaryl/α,β-unsaturated/α-hetero) is 1. The van der Waals surface area contributed by atoms with Gasteiger partial charge in [-0.05, 0) is 32.3 Å². The number of carbonyl (C=O) groups excluding carboxylic acids is 3. The molecule has 1 aromatic rings. The Kier molecular flexibility index (Phi) is 6.46. The Labute approximate surface area is 164 Å². The van der Waals surface area contributed by atoms with Gasteiger partial charge in [0.15, 0.2) is 5.79 Å². The second-order valence-corrected chi connectivity index (χ2v) is 7.60. The Morgan fingerprint density at radius 3 is 2.54 bits per heavy atom. The summed E-state index contributed by atoms with van der Waals surface area (Å²) < 4.78 is 16.4. The van der Waals surface area contributed by atoms with Crippen molar-refractivity contribution in [3.8, 4) is 0 Å². The number of ketones is 1. The third-order valence-corrected chi connectivity index (χ3v) is 5.24. The van der Waals surface area contributed by atoms with Gasteiger partial charge in [-0.15, -0.1) is 0 Å². The first-order valence-electron chi connectivity index (χ1n) is 9.69. The third kappa shape index (κ3) is 4.97. The molecule has 2 amide bonds. The van der Waals surface area contributed by atoms with Crippen molar-refractivity contribution in [2.24, 2.45) is 5.92 Å². The lowest BCUT2D eigenvalue weighted by Gasteiger charge is -2.27. The Hall–Kier alpha value is -2.25. The predicted octanol–water partition coefficient (Wildman–Crippen LogP) is 2.72. The second-order valence-electron chi connectivity index (χ2n) is 7.60. The van der Waals surface area contributed by atoms with Crippen LogP contribution in [0, 0.1) is 5.92 Å². The van der Waals surface area contributed by atoms with Crippen LogP contribution in [0.25, 0.3) is 0 Å². The average Bonchev–Trinajstić information content (AvgIpc) is 3.25. The molecular formula is C21H27NO6. The van der Waals surface area contributed by atoms with E-state index in [-0.39, 0.29) is 30.8 Å². The summed E-state index contributed by atoms with van der Waals surface area (Å²) >= 11 is 0. The third-order valence-electron chi connectivity index (χ3n) is 5.24. The summed E-state index contributed by atoms with van der Waals surface area (Å²) in [4.78, 5) is 38.4. The lowest BCUT2D eigenvalue weighted by molar-refractivity contribution is -0.153. The van der Waals surface area contributed by atoms with Crippen molar-refractivity contribution >= 4 is 17.8 Å². The van der Waals surface area contributed by atoms with Gasteiger partial charge in [-0.2, -0.15) is 0 Å². The Bertz CT molecular complexity index is 713. The fraction of sp³-hybridized carbons (Fsp3) is 0.571. The normalized spacial score (nSPS) is 22.1. The van der Waals surface area contributed by atoms with E-state index in [0.717, 1.165) is 5.56 Å². The van der Waals surface area contributed by atoms with Gasteiger partial charge in [0.2, 0.25) is 5.91 Å². The fourth-order valence-electron chi connectivity index (χ4n) is 3.76. The summed E-state index contributed by atoms with van der Waals surface area (Å²) in [6.45, 7) is 4.47. The molecule has 0 saturated carbocycles. The molecule has 3 rings (SSSR count). The van der Waals surface area contributed by atoms with Crippen molar-refractivity contribution in [3.05, 3.63) is 35.9 Å². The number of benzene rings is 1. The molecule has 1 aromatic carbocycles. The van der Waals surface area contributed by atoms with E-state index in [1.165, 1.54) is 11.8 Å². The van der Waals surface area contributed by atoms with Crippen molar-refractivity contribution in [1.82, 2.24) is 4.90 Å². The van der Waals surface area contributed by atoms with Crippen LogP contribution >= 0.6 is 0 Å². The van der Waals surface area contributed by atoms with Gasteiger partial charge < -0.3 is 19.0 Å². The van der Waals surface area contributed by atoms with Crippen LogP contribution in [-0.2, 0) is 30.2 Å². The number of ether oxygens (including phenoxy) is 3. The maximum atomic E-state index is 13.2. The van der Waals surface area contributed by atoms with Crippen LogP contribution in [0.1, 0.15) is 38.7 Å². The standard InChI is InChI=1S/C21H27NO6/c1-15(23)12-17(8-9-21(2)27-10-11-28-21)19(24)22-18(14-26-20(22)25)13-16-6-4-3-5-7-16/h3-7,17-18H,8-14H2,1-2H3/t17-,18+/m0/s1. The van der Waals surface area contributed by atoms with Crippen LogP contribution in [-0.4, -0.2) is 54.3 Å². The van der Waals surface area contributed by atoms with E-state index < -0.39 is 17.8 Å². The Morgan fingerprint density at radius 2 is 1.89 bits per heavy atom. The summed E-state index contributed by atoms with van der Waals surface area (Å²) in [5.41, 5.74) is 1.02. The second kappa shape index (κ2) is 8.84. The van der Waals surface area contributed by atoms with Gasteiger partial charge >= 0.3 is 6.09 Å². The molecule has 152 valence electrons. The molecule has 7 heteroatoms. The molecule has 7 nitrogen and oxygen atoms in total. The van der Waals surface area contributed by atoms with Gasteiger partial charge in [0, 0.05) is 18.8 Å². The molecule has 0 aromatic heterocycles. The quantitative estimate of drug-likeness (QED) is 0.680. The van der Waals surface area contributed by atoms with Gasteiger partial charge in [0.1, 0.15) is 12.4 Å². The summed E-state index contributed by atoms with van der Waals surface area (Å²) in [6, 6.07) is 9.29. The first-order valence-corrected chi connectivity index (χ1v) is 9.69. The summed E-state index contributed by atoms with van der Waals surface area (Å²) in [7, 11) is 0. The smallest absolute Gasteiger partial charge is 0.416 e. The minimum Gasteiger partial charge on any atom is -0.447 e. The number of imide groups is 1. The van der Waals surface area contributed by atoms with E-state index in [1.54, 1.807) is 0 Å². The largest absolute Gasteiger partial charge is 0.447 e. The SMILES string of the molecule is CC(=O)C[C@H](CCC1(C)OCCO1)C(=O)N1C(=O)OC[C@H]1Cc1ccccc1. The number of carbonyl (C=O) groups is 3. The summed E-state index contributed by atoms with van der Waals surface area (Å²) in [5, 5.41) is 0. The van der Waals surface area contributed by atoms with Crippen molar-refractivity contribution in [2.75, 3.05) is 19.8 Å². The minimum atomic E-state index is -0.746. The molecule has 0 aliphatic carbocycles. The van der Waals surface area contributed by atoms with Gasteiger partial charge in [0.05, 0.1) is 19.3 Å². The van der Waals surface area contributed by atoms with Crippen LogP contribution in [0.3, 0.4) is 0 Å². The highest BCUT2D eigenvalue weighted by molar-refractivity contribution is 5.96. The van der Waals surface area contributed by atoms with Gasteiger partial charge in [-0.25, -0.2) is 9.69 Å². The molecule has 2 aliphatic rings. The number of rotatable bonds is 8. The molecule has 28 heavy (non-hydrogen) atoms. The van der Waals surface area contributed by atoms with Crippen LogP contribution in [0.2, 0.25) is 0 Å². The van der Waals surface area contributed by atoms with Crippen molar-refractivity contribution < 1.29 is 28.6 Å². The highest BCUT2D eigenvalue weighted by Gasteiger charge is 2.42. The summed E-state index contributed by atoms with van der Waals surface area (Å²) in [6.07, 6.45) is 0.838. The molecule has 0 radical (unpaired) electrons. The zero-order valence-corrected chi connectivity index (χ0v) is 16.4. The number of hydrogen-bond donors (Lipinski definition) is 0. The molecule has 0 bridgehead atoms. The molecule has 2 fully saturated rings. The zero-order valence-electron chi connectivity index (χ0n) is 16.4. The van der Waals surface area contributed by atoms with Crippen LogP contribution in [0.15, 0.2) is 30.3 Å². The molecule has 2 aliphatic heterocycles. The van der Waals surface area contributed by atoms with Crippen molar-refractivity contribution in [1.29, 1.82) is 0 Å². The molecule has 2 saturated heterocycles. The van der Waals surface area contributed by atoms with Gasteiger partial charge in [-0.1, -0.05) is 30.3 Å². The Balaban J connectivity index is 1.71. The number of nitrogens with zero attached hydrogens (tertiary/aromatic N) is 1. The predicted molar refractivity (Wildman–Crippen MR) is 100 cm³/mol. The molecular weight excluding hydrogens is 362 g/mol. The maximum Gasteiger partial charge on any atom is 0.416 e.